The molecule has 10 nitrogen and oxygen atoms in total. The van der Waals surface area contributed by atoms with Gasteiger partial charge >= 0.3 is 6.18 Å². The highest BCUT2D eigenvalue weighted by molar-refractivity contribution is 7.91. The fourth-order valence-electron chi connectivity index (χ4n) is 2.97. The Kier molecular flexibility index (Phi) is 5.61. The van der Waals surface area contributed by atoms with Gasteiger partial charge in [0.15, 0.2) is 27.3 Å². The molecule has 14 heteroatoms. The standard InChI is InChI=1S/C19H15F3N8O2S/c1-3-33(31,32)13-7-11(16-23-5-4-6-24-16)9-25-15(13)18-29-28-17(30(18)2)12-8-14(19(20,21)22)27-10-26-12/h4-10H,3H2,1-2H3. The number of halogens is 3. The van der Waals surface area contributed by atoms with Crippen LogP contribution in [0.4, 0.5) is 13.2 Å². The summed E-state index contributed by atoms with van der Waals surface area (Å²) in [6.07, 6.45) is 0.511. The largest absolute Gasteiger partial charge is 0.433 e. The van der Waals surface area contributed by atoms with Crippen molar-refractivity contribution >= 4 is 9.84 Å². The Balaban J connectivity index is 1.86. The second-order valence-corrected chi connectivity index (χ2v) is 8.99. The minimum absolute atomic E-state index is 0.0112. The molecule has 0 aromatic carbocycles. The molecule has 0 bridgehead atoms. The smallest absolute Gasteiger partial charge is 0.307 e. The van der Waals surface area contributed by atoms with Gasteiger partial charge in [-0.15, -0.1) is 10.2 Å². The van der Waals surface area contributed by atoms with Crippen LogP contribution in [-0.4, -0.2) is 53.9 Å². The Morgan fingerprint density at radius 2 is 1.67 bits per heavy atom. The first-order valence-corrected chi connectivity index (χ1v) is 11.1. The van der Waals surface area contributed by atoms with Crippen molar-refractivity contribution in [1.82, 2.24) is 39.7 Å². The summed E-state index contributed by atoms with van der Waals surface area (Å²) >= 11 is 0. The number of hydrogen-bond donors (Lipinski definition) is 0. The van der Waals surface area contributed by atoms with E-state index in [0.717, 1.165) is 12.4 Å². The zero-order valence-electron chi connectivity index (χ0n) is 17.2. The molecule has 0 amide bonds. The first-order valence-electron chi connectivity index (χ1n) is 9.41. The van der Waals surface area contributed by atoms with Crippen LogP contribution in [0.5, 0.6) is 0 Å². The maximum absolute atomic E-state index is 13.0. The number of pyridine rings is 1. The summed E-state index contributed by atoms with van der Waals surface area (Å²) in [4.78, 5) is 19.4. The van der Waals surface area contributed by atoms with Crippen molar-refractivity contribution in [2.24, 2.45) is 7.05 Å². The van der Waals surface area contributed by atoms with E-state index in [1.165, 1.54) is 43.2 Å². The molecule has 0 spiro atoms. The third-order valence-corrected chi connectivity index (χ3v) is 6.41. The fraction of sp³-hybridized carbons (Fsp3) is 0.211. The lowest BCUT2D eigenvalue weighted by Gasteiger charge is -2.11. The van der Waals surface area contributed by atoms with Crippen molar-refractivity contribution in [3.63, 3.8) is 0 Å². The minimum atomic E-state index is -4.67. The molecule has 0 aliphatic heterocycles. The number of alkyl halides is 3. The second-order valence-electron chi connectivity index (χ2n) is 6.74. The maximum Gasteiger partial charge on any atom is 0.433 e. The molecule has 0 atom stereocenters. The summed E-state index contributed by atoms with van der Waals surface area (Å²) in [7, 11) is -2.31. The van der Waals surface area contributed by atoms with Crippen LogP contribution in [0.15, 0.2) is 48.0 Å². The van der Waals surface area contributed by atoms with Gasteiger partial charge < -0.3 is 4.57 Å². The van der Waals surface area contributed by atoms with Gasteiger partial charge in [-0.2, -0.15) is 13.2 Å². The van der Waals surface area contributed by atoms with Crippen molar-refractivity contribution in [2.75, 3.05) is 5.75 Å². The molecule has 0 saturated heterocycles. The Bertz CT molecular complexity index is 1420. The Hall–Kier alpha value is -3.81. The van der Waals surface area contributed by atoms with Gasteiger partial charge in [-0.1, -0.05) is 6.92 Å². The topological polar surface area (TPSA) is 129 Å². The number of rotatable bonds is 5. The van der Waals surface area contributed by atoms with E-state index in [-0.39, 0.29) is 39.5 Å². The SMILES string of the molecule is CCS(=O)(=O)c1cc(-c2ncccn2)cnc1-c1nnc(-c2cc(C(F)(F)F)ncn2)n1C. The van der Waals surface area contributed by atoms with Gasteiger partial charge in [0, 0.05) is 31.2 Å². The first kappa shape index (κ1) is 22.4. The molecule has 0 unspecified atom stereocenters. The highest BCUT2D eigenvalue weighted by atomic mass is 32.2. The highest BCUT2D eigenvalue weighted by Crippen LogP contribution is 2.32. The van der Waals surface area contributed by atoms with Gasteiger partial charge in [0.1, 0.15) is 23.4 Å². The average Bonchev–Trinajstić information content (AvgIpc) is 3.20. The van der Waals surface area contributed by atoms with Crippen LogP contribution in [0, 0.1) is 0 Å². The summed E-state index contributed by atoms with van der Waals surface area (Å²) in [5.74, 6) is 0.0787. The van der Waals surface area contributed by atoms with Crippen molar-refractivity contribution in [3.05, 3.63) is 48.8 Å². The van der Waals surface area contributed by atoms with Crippen LogP contribution in [0.2, 0.25) is 0 Å². The van der Waals surface area contributed by atoms with Gasteiger partial charge in [0.2, 0.25) is 0 Å². The average molecular weight is 476 g/mol. The van der Waals surface area contributed by atoms with Crippen LogP contribution in [0.25, 0.3) is 34.4 Å². The number of aromatic nitrogens is 8. The maximum atomic E-state index is 13.0. The highest BCUT2D eigenvalue weighted by Gasteiger charge is 2.33. The van der Waals surface area contributed by atoms with Gasteiger partial charge in [-0.3, -0.25) is 4.98 Å². The monoisotopic (exact) mass is 476 g/mol. The number of hydrogen-bond acceptors (Lipinski definition) is 9. The van der Waals surface area contributed by atoms with E-state index in [2.05, 4.69) is 35.1 Å². The van der Waals surface area contributed by atoms with E-state index in [4.69, 9.17) is 0 Å². The zero-order chi connectivity index (χ0) is 23.8. The van der Waals surface area contributed by atoms with Gasteiger partial charge in [0.25, 0.3) is 0 Å². The van der Waals surface area contributed by atoms with Crippen molar-refractivity contribution in [1.29, 1.82) is 0 Å². The summed E-state index contributed by atoms with van der Waals surface area (Å²) in [6.45, 7) is 1.48. The summed E-state index contributed by atoms with van der Waals surface area (Å²) in [6, 6.07) is 3.74. The summed E-state index contributed by atoms with van der Waals surface area (Å²) in [5.41, 5.74) is -0.910. The zero-order valence-corrected chi connectivity index (χ0v) is 18.0. The van der Waals surface area contributed by atoms with Crippen molar-refractivity contribution in [3.8, 4) is 34.4 Å². The Morgan fingerprint density at radius 1 is 0.970 bits per heavy atom. The summed E-state index contributed by atoms with van der Waals surface area (Å²) < 4.78 is 66.1. The molecule has 33 heavy (non-hydrogen) atoms. The first-order chi connectivity index (χ1) is 15.6. The molecule has 0 radical (unpaired) electrons. The second kappa shape index (κ2) is 8.27. The van der Waals surface area contributed by atoms with Crippen molar-refractivity contribution < 1.29 is 21.6 Å². The lowest BCUT2D eigenvalue weighted by atomic mass is 10.2. The molecule has 170 valence electrons. The molecule has 4 aromatic heterocycles. The molecule has 0 saturated carbocycles. The van der Waals surface area contributed by atoms with Crippen LogP contribution in [0.3, 0.4) is 0 Å². The Labute approximate surface area is 185 Å². The predicted molar refractivity (Wildman–Crippen MR) is 109 cm³/mol. The third-order valence-electron chi connectivity index (χ3n) is 4.67. The van der Waals surface area contributed by atoms with E-state index in [1.807, 2.05) is 0 Å². The van der Waals surface area contributed by atoms with Crippen molar-refractivity contribution in [2.45, 2.75) is 18.0 Å². The fourth-order valence-corrected chi connectivity index (χ4v) is 4.02. The van der Waals surface area contributed by atoms with Gasteiger partial charge in [0.05, 0.1) is 10.6 Å². The van der Waals surface area contributed by atoms with Gasteiger partial charge in [-0.05, 0) is 18.2 Å². The molecule has 0 aliphatic rings. The van der Waals surface area contributed by atoms with Gasteiger partial charge in [-0.25, -0.2) is 28.4 Å². The molecular formula is C19H15F3N8O2S. The van der Waals surface area contributed by atoms with Crippen LogP contribution in [0.1, 0.15) is 12.6 Å². The number of sulfone groups is 1. The lowest BCUT2D eigenvalue weighted by molar-refractivity contribution is -0.141. The quantitative estimate of drug-likeness (QED) is 0.427. The van der Waals surface area contributed by atoms with Crippen LogP contribution >= 0.6 is 0 Å². The third kappa shape index (κ3) is 4.28. The van der Waals surface area contributed by atoms with Crippen LogP contribution in [-0.2, 0) is 23.1 Å². The normalized spacial score (nSPS) is 12.2. The Morgan fingerprint density at radius 3 is 2.33 bits per heavy atom. The van der Waals surface area contributed by atoms with E-state index < -0.39 is 21.7 Å². The molecule has 0 aliphatic carbocycles. The van der Waals surface area contributed by atoms with E-state index in [1.54, 1.807) is 6.07 Å². The van der Waals surface area contributed by atoms with E-state index in [9.17, 15) is 21.6 Å². The van der Waals surface area contributed by atoms with E-state index >= 15 is 0 Å². The van der Waals surface area contributed by atoms with Crippen LogP contribution < -0.4 is 0 Å². The number of nitrogens with zero attached hydrogens (tertiary/aromatic N) is 8. The molecule has 0 fully saturated rings. The summed E-state index contributed by atoms with van der Waals surface area (Å²) in [5, 5.41) is 7.89. The molecule has 4 rings (SSSR count). The predicted octanol–water partition coefficient (Wildman–Crippen LogP) is 2.60. The molecule has 4 heterocycles. The lowest BCUT2D eigenvalue weighted by Crippen LogP contribution is -2.10. The molecule has 4 aromatic rings. The van der Waals surface area contributed by atoms with E-state index in [0.29, 0.717) is 5.56 Å². The molecular weight excluding hydrogens is 461 g/mol. The minimum Gasteiger partial charge on any atom is -0.307 e. The molecule has 0 N–H and O–H groups in total.